The number of para-hydroxylation sites is 2. The Morgan fingerprint density at radius 1 is 0.912 bits per heavy atom. The number of rotatable bonds is 5. The highest BCUT2D eigenvalue weighted by Gasteiger charge is 2.31. The van der Waals surface area contributed by atoms with E-state index in [9.17, 15) is 4.79 Å². The number of benzene rings is 3. The van der Waals surface area contributed by atoms with Gasteiger partial charge in [0.15, 0.2) is 0 Å². The van der Waals surface area contributed by atoms with Crippen LogP contribution in [0.1, 0.15) is 16.7 Å². The number of carbonyl (C=O) groups is 1. The Morgan fingerprint density at radius 2 is 1.65 bits per heavy atom. The van der Waals surface area contributed by atoms with Crippen LogP contribution < -0.4 is 0 Å². The summed E-state index contributed by atoms with van der Waals surface area (Å²) >= 11 is 0. The molecule has 0 bridgehead atoms. The number of aryl methyl sites for hydroxylation is 1. The Labute approximate surface area is 197 Å². The van der Waals surface area contributed by atoms with E-state index in [1.165, 1.54) is 10.9 Å². The SMILES string of the molecule is Cn1cc(C=C2N=C(c3ccccc3)N(CCc3c[nH]c4ccccc34)C2=O)c2ccccc21. The summed E-state index contributed by atoms with van der Waals surface area (Å²) in [6.07, 6.45) is 6.75. The van der Waals surface area contributed by atoms with Gasteiger partial charge in [0, 0.05) is 58.9 Å². The molecule has 1 amide bonds. The van der Waals surface area contributed by atoms with Crippen molar-refractivity contribution in [3.63, 3.8) is 0 Å². The van der Waals surface area contributed by atoms with Gasteiger partial charge in [-0.05, 0) is 30.2 Å². The minimum absolute atomic E-state index is 0.0633. The average molecular weight is 445 g/mol. The molecule has 1 aliphatic rings. The summed E-state index contributed by atoms with van der Waals surface area (Å²) in [4.78, 5) is 23.6. The molecule has 0 unspecified atom stereocenters. The lowest BCUT2D eigenvalue weighted by atomic mass is 10.1. The van der Waals surface area contributed by atoms with Gasteiger partial charge in [0.2, 0.25) is 0 Å². The summed E-state index contributed by atoms with van der Waals surface area (Å²) in [6, 6.07) is 26.4. The molecule has 1 aliphatic heterocycles. The molecule has 0 fully saturated rings. The van der Waals surface area contributed by atoms with Gasteiger partial charge in [-0.25, -0.2) is 4.99 Å². The molecule has 5 nitrogen and oxygen atoms in total. The first-order chi connectivity index (χ1) is 16.7. The number of carbonyl (C=O) groups excluding carboxylic acids is 1. The van der Waals surface area contributed by atoms with Crippen LogP contribution in [-0.2, 0) is 18.3 Å². The molecule has 166 valence electrons. The second-order valence-electron chi connectivity index (χ2n) is 8.61. The average Bonchev–Trinajstić information content (AvgIpc) is 3.53. The molecule has 34 heavy (non-hydrogen) atoms. The third kappa shape index (κ3) is 3.42. The Bertz CT molecular complexity index is 1590. The first-order valence-corrected chi connectivity index (χ1v) is 11.5. The summed E-state index contributed by atoms with van der Waals surface area (Å²) in [5, 5.41) is 2.30. The molecule has 3 aromatic carbocycles. The fourth-order valence-corrected chi connectivity index (χ4v) is 4.77. The number of aromatic nitrogens is 2. The molecule has 1 N–H and O–H groups in total. The third-order valence-electron chi connectivity index (χ3n) is 6.48. The summed E-state index contributed by atoms with van der Waals surface area (Å²) in [6.45, 7) is 0.557. The highest BCUT2D eigenvalue weighted by Crippen LogP contribution is 2.27. The van der Waals surface area contributed by atoms with Crippen LogP contribution in [0.5, 0.6) is 0 Å². The predicted molar refractivity (Wildman–Crippen MR) is 138 cm³/mol. The van der Waals surface area contributed by atoms with E-state index in [4.69, 9.17) is 4.99 Å². The van der Waals surface area contributed by atoms with Gasteiger partial charge >= 0.3 is 0 Å². The van der Waals surface area contributed by atoms with Crippen molar-refractivity contribution in [1.29, 1.82) is 0 Å². The molecule has 0 radical (unpaired) electrons. The van der Waals surface area contributed by atoms with E-state index in [1.807, 2.05) is 78.8 Å². The summed E-state index contributed by atoms with van der Waals surface area (Å²) in [7, 11) is 2.02. The largest absolute Gasteiger partial charge is 0.361 e. The van der Waals surface area contributed by atoms with Crippen molar-refractivity contribution in [2.75, 3.05) is 6.54 Å². The van der Waals surface area contributed by atoms with Crippen molar-refractivity contribution in [2.24, 2.45) is 12.0 Å². The normalized spacial score (nSPS) is 15.1. The number of H-pyrrole nitrogens is 1. The maximum atomic E-state index is 13.6. The Hall–Kier alpha value is -4.38. The van der Waals surface area contributed by atoms with Gasteiger partial charge < -0.3 is 9.55 Å². The maximum Gasteiger partial charge on any atom is 0.278 e. The lowest BCUT2D eigenvalue weighted by molar-refractivity contribution is -0.122. The second-order valence-corrected chi connectivity index (χ2v) is 8.61. The standard InChI is InChI=1S/C29H24N4O/c1-32-19-22(24-12-6-8-14-27(24)32)17-26-29(34)33(28(31-26)20-9-3-2-4-10-20)16-15-21-18-30-25-13-7-5-11-23(21)25/h2-14,17-19,30H,15-16H2,1H3. The molecule has 5 aromatic rings. The smallest absolute Gasteiger partial charge is 0.278 e. The van der Waals surface area contributed by atoms with Gasteiger partial charge in [0.1, 0.15) is 11.5 Å². The van der Waals surface area contributed by atoms with E-state index < -0.39 is 0 Å². The molecule has 5 heteroatoms. The molecule has 0 atom stereocenters. The van der Waals surface area contributed by atoms with Crippen molar-refractivity contribution in [3.8, 4) is 0 Å². The van der Waals surface area contributed by atoms with E-state index in [1.54, 1.807) is 0 Å². The Kier molecular flexibility index (Phi) is 4.88. The number of hydrogen-bond acceptors (Lipinski definition) is 2. The van der Waals surface area contributed by atoms with Crippen molar-refractivity contribution in [3.05, 3.63) is 114 Å². The quantitative estimate of drug-likeness (QED) is 0.356. The highest BCUT2D eigenvalue weighted by molar-refractivity contribution is 6.20. The molecule has 0 saturated heterocycles. The van der Waals surface area contributed by atoms with Crippen LogP contribution in [0.15, 0.2) is 102 Å². The number of amidine groups is 1. The number of nitrogens with zero attached hydrogens (tertiary/aromatic N) is 3. The molecule has 2 aromatic heterocycles. The fraction of sp³-hybridized carbons (Fsp3) is 0.103. The Balaban J connectivity index is 1.37. The van der Waals surface area contributed by atoms with Crippen LogP contribution >= 0.6 is 0 Å². The first-order valence-electron chi connectivity index (χ1n) is 11.5. The summed E-state index contributed by atoms with van der Waals surface area (Å²) in [5.41, 5.74) is 5.84. The van der Waals surface area contributed by atoms with Gasteiger partial charge in [-0.2, -0.15) is 0 Å². The highest BCUT2D eigenvalue weighted by atomic mass is 16.2. The van der Waals surface area contributed by atoms with Crippen molar-refractivity contribution < 1.29 is 4.79 Å². The van der Waals surface area contributed by atoms with Gasteiger partial charge in [-0.15, -0.1) is 0 Å². The van der Waals surface area contributed by atoms with Gasteiger partial charge in [0.25, 0.3) is 5.91 Å². The molecular formula is C29H24N4O. The van der Waals surface area contributed by atoms with E-state index in [2.05, 4.69) is 40.0 Å². The van der Waals surface area contributed by atoms with Crippen LogP contribution in [0.25, 0.3) is 27.9 Å². The molecule has 6 rings (SSSR count). The lowest BCUT2D eigenvalue weighted by Gasteiger charge is -2.18. The van der Waals surface area contributed by atoms with E-state index in [0.717, 1.165) is 34.0 Å². The molecule has 0 saturated carbocycles. The third-order valence-corrected chi connectivity index (χ3v) is 6.48. The number of fused-ring (bicyclic) bond motifs is 2. The van der Waals surface area contributed by atoms with Crippen LogP contribution in [0.4, 0.5) is 0 Å². The molecule has 0 aliphatic carbocycles. The number of aliphatic imine (C=N–C) groups is 1. The lowest BCUT2D eigenvalue weighted by Crippen LogP contribution is -2.34. The van der Waals surface area contributed by atoms with Crippen molar-refractivity contribution >= 4 is 39.6 Å². The van der Waals surface area contributed by atoms with Crippen LogP contribution in [-0.4, -0.2) is 32.7 Å². The number of nitrogens with one attached hydrogen (secondary N) is 1. The van der Waals surface area contributed by atoms with Gasteiger partial charge in [0.05, 0.1) is 0 Å². The van der Waals surface area contributed by atoms with Crippen LogP contribution in [0.2, 0.25) is 0 Å². The van der Waals surface area contributed by atoms with Gasteiger partial charge in [-0.1, -0.05) is 66.7 Å². The minimum atomic E-state index is -0.0633. The van der Waals surface area contributed by atoms with E-state index in [-0.39, 0.29) is 5.91 Å². The van der Waals surface area contributed by atoms with E-state index >= 15 is 0 Å². The zero-order valence-electron chi connectivity index (χ0n) is 18.9. The zero-order valence-corrected chi connectivity index (χ0v) is 18.9. The monoisotopic (exact) mass is 444 g/mol. The Morgan fingerprint density at radius 3 is 2.50 bits per heavy atom. The second kappa shape index (κ2) is 8.19. The number of aromatic amines is 1. The van der Waals surface area contributed by atoms with Crippen molar-refractivity contribution in [2.45, 2.75) is 6.42 Å². The summed E-state index contributed by atoms with van der Waals surface area (Å²) < 4.78 is 2.08. The number of hydrogen-bond donors (Lipinski definition) is 1. The van der Waals surface area contributed by atoms with E-state index in [0.29, 0.717) is 18.1 Å². The zero-order chi connectivity index (χ0) is 23.1. The van der Waals surface area contributed by atoms with Crippen LogP contribution in [0, 0.1) is 0 Å². The number of amides is 1. The minimum Gasteiger partial charge on any atom is -0.361 e. The molecule has 0 spiro atoms. The summed E-state index contributed by atoms with van der Waals surface area (Å²) in [5.74, 6) is 0.642. The first kappa shape index (κ1) is 20.2. The topological polar surface area (TPSA) is 53.4 Å². The van der Waals surface area contributed by atoms with Crippen LogP contribution in [0.3, 0.4) is 0 Å². The maximum absolute atomic E-state index is 13.6. The molecule has 3 heterocycles. The van der Waals surface area contributed by atoms with Gasteiger partial charge in [-0.3, -0.25) is 9.69 Å². The predicted octanol–water partition coefficient (Wildman–Crippen LogP) is 5.53. The fourth-order valence-electron chi connectivity index (χ4n) is 4.77. The molecular weight excluding hydrogens is 420 g/mol. The van der Waals surface area contributed by atoms with Crippen molar-refractivity contribution in [1.82, 2.24) is 14.5 Å².